The second-order valence-electron chi connectivity index (χ2n) is 5.65. The lowest BCUT2D eigenvalue weighted by Gasteiger charge is -2.09. The number of amides is 1. The molecule has 0 fully saturated rings. The third-order valence-corrected chi connectivity index (χ3v) is 4.36. The average molecular weight is 431 g/mol. The fourth-order valence-electron chi connectivity index (χ4n) is 2.59. The summed E-state index contributed by atoms with van der Waals surface area (Å²) < 4.78 is 10.3. The molecule has 1 aromatic heterocycles. The monoisotopic (exact) mass is 430 g/mol. The number of aromatic amines is 1. The molecular formula is C19H15BrN2O5. The predicted octanol–water partition coefficient (Wildman–Crippen LogP) is 3.76. The number of ether oxygens (including phenoxy) is 2. The van der Waals surface area contributed by atoms with Gasteiger partial charge in [-0.15, -0.1) is 0 Å². The molecule has 27 heavy (non-hydrogen) atoms. The molecule has 0 unspecified atom stereocenters. The molecule has 1 amide bonds. The summed E-state index contributed by atoms with van der Waals surface area (Å²) in [5, 5.41) is 3.55. The van der Waals surface area contributed by atoms with Crippen molar-refractivity contribution in [2.45, 2.75) is 0 Å². The Bertz CT molecular complexity index is 1020. The van der Waals surface area contributed by atoms with Crippen molar-refractivity contribution in [3.63, 3.8) is 0 Å². The van der Waals surface area contributed by atoms with Crippen LogP contribution in [-0.4, -0.2) is 37.0 Å². The minimum absolute atomic E-state index is 0.122. The number of benzene rings is 2. The fourth-order valence-corrected chi connectivity index (χ4v) is 2.95. The molecule has 0 aliphatic rings. The lowest BCUT2D eigenvalue weighted by molar-refractivity contribution is 0.0599. The maximum Gasteiger partial charge on any atom is 0.337 e. The van der Waals surface area contributed by atoms with E-state index in [1.165, 1.54) is 32.4 Å². The Kier molecular flexibility index (Phi) is 5.27. The van der Waals surface area contributed by atoms with E-state index < -0.39 is 17.8 Å². The number of rotatable bonds is 4. The van der Waals surface area contributed by atoms with Gasteiger partial charge in [0.2, 0.25) is 0 Å². The van der Waals surface area contributed by atoms with Gasteiger partial charge in [0.05, 0.1) is 25.3 Å². The summed E-state index contributed by atoms with van der Waals surface area (Å²) in [5.41, 5.74) is 1.65. The number of halogens is 1. The van der Waals surface area contributed by atoms with Gasteiger partial charge in [-0.2, -0.15) is 0 Å². The number of carbonyl (C=O) groups excluding carboxylic acids is 3. The maximum absolute atomic E-state index is 12.6. The molecule has 3 rings (SSSR count). The fraction of sp³-hybridized carbons (Fsp3) is 0.105. The van der Waals surface area contributed by atoms with Crippen LogP contribution in [-0.2, 0) is 9.47 Å². The lowest BCUT2D eigenvalue weighted by Crippen LogP contribution is -2.14. The van der Waals surface area contributed by atoms with E-state index in [0.29, 0.717) is 5.69 Å². The van der Waals surface area contributed by atoms with E-state index in [1.807, 2.05) is 18.2 Å². The van der Waals surface area contributed by atoms with Gasteiger partial charge in [-0.25, -0.2) is 9.59 Å². The number of H-pyrrole nitrogens is 1. The van der Waals surface area contributed by atoms with Crippen molar-refractivity contribution >= 4 is 50.4 Å². The molecule has 0 radical (unpaired) electrons. The number of carbonyl (C=O) groups is 3. The average Bonchev–Trinajstić information content (AvgIpc) is 3.09. The molecule has 8 heteroatoms. The van der Waals surface area contributed by atoms with Crippen molar-refractivity contribution in [2.24, 2.45) is 0 Å². The normalized spacial score (nSPS) is 10.5. The first kappa shape index (κ1) is 18.7. The Labute approximate surface area is 162 Å². The van der Waals surface area contributed by atoms with Gasteiger partial charge in [-0.05, 0) is 36.4 Å². The van der Waals surface area contributed by atoms with Gasteiger partial charge in [0, 0.05) is 21.1 Å². The number of hydrogen-bond acceptors (Lipinski definition) is 5. The van der Waals surface area contributed by atoms with Crippen molar-refractivity contribution in [3.05, 3.63) is 63.8 Å². The van der Waals surface area contributed by atoms with Crippen molar-refractivity contribution < 1.29 is 23.9 Å². The minimum atomic E-state index is -0.633. The number of fused-ring (bicyclic) bond motifs is 1. The van der Waals surface area contributed by atoms with E-state index in [9.17, 15) is 14.4 Å². The number of anilines is 1. The first-order valence-corrected chi connectivity index (χ1v) is 8.62. The quantitative estimate of drug-likeness (QED) is 0.614. The van der Waals surface area contributed by atoms with Crippen LogP contribution in [0.1, 0.15) is 31.2 Å². The van der Waals surface area contributed by atoms with Gasteiger partial charge in [0.15, 0.2) is 0 Å². The summed E-state index contributed by atoms with van der Waals surface area (Å²) in [6.45, 7) is 0. The van der Waals surface area contributed by atoms with E-state index in [2.05, 4.69) is 35.7 Å². The standard InChI is InChI=1S/C19H15BrN2O5/c1-26-18(24)11-5-12(19(25)27-2)7-14(6-11)21-17(23)16-8-10-3-4-13(20)9-15(10)22-16/h3-9,22H,1-2H3,(H,21,23). The third kappa shape index (κ3) is 4.01. The van der Waals surface area contributed by atoms with Crippen LogP contribution in [0.25, 0.3) is 10.9 Å². The number of methoxy groups -OCH3 is 2. The van der Waals surface area contributed by atoms with E-state index in [1.54, 1.807) is 6.07 Å². The molecule has 138 valence electrons. The van der Waals surface area contributed by atoms with Crippen molar-refractivity contribution in [1.82, 2.24) is 4.98 Å². The van der Waals surface area contributed by atoms with Crippen LogP contribution in [0, 0.1) is 0 Å². The van der Waals surface area contributed by atoms with Gasteiger partial charge >= 0.3 is 11.9 Å². The molecule has 0 aliphatic heterocycles. The molecule has 7 nitrogen and oxygen atoms in total. The Morgan fingerprint density at radius 2 is 1.56 bits per heavy atom. The van der Waals surface area contributed by atoms with Crippen LogP contribution in [0.2, 0.25) is 0 Å². The zero-order chi connectivity index (χ0) is 19.6. The van der Waals surface area contributed by atoms with E-state index >= 15 is 0 Å². The number of aromatic nitrogens is 1. The first-order valence-electron chi connectivity index (χ1n) is 7.82. The molecule has 0 bridgehead atoms. The smallest absolute Gasteiger partial charge is 0.337 e. The van der Waals surface area contributed by atoms with Crippen LogP contribution >= 0.6 is 15.9 Å². The summed E-state index contributed by atoms with van der Waals surface area (Å²) in [5.74, 6) is -1.68. The van der Waals surface area contributed by atoms with Crippen LogP contribution in [0.5, 0.6) is 0 Å². The topological polar surface area (TPSA) is 97.5 Å². The van der Waals surface area contributed by atoms with Gasteiger partial charge in [0.1, 0.15) is 5.69 Å². The number of esters is 2. The highest BCUT2D eigenvalue weighted by atomic mass is 79.9. The summed E-state index contributed by atoms with van der Waals surface area (Å²) in [6.07, 6.45) is 0. The third-order valence-electron chi connectivity index (χ3n) is 3.86. The highest BCUT2D eigenvalue weighted by molar-refractivity contribution is 9.10. The lowest BCUT2D eigenvalue weighted by atomic mass is 10.1. The Morgan fingerprint density at radius 3 is 2.15 bits per heavy atom. The summed E-state index contributed by atoms with van der Waals surface area (Å²) in [4.78, 5) is 39.3. The molecule has 0 saturated heterocycles. The van der Waals surface area contributed by atoms with Crippen LogP contribution in [0.4, 0.5) is 5.69 Å². The second-order valence-corrected chi connectivity index (χ2v) is 6.57. The van der Waals surface area contributed by atoms with Crippen LogP contribution in [0.3, 0.4) is 0 Å². The van der Waals surface area contributed by atoms with Crippen LogP contribution in [0.15, 0.2) is 46.9 Å². The Balaban J connectivity index is 1.93. The van der Waals surface area contributed by atoms with Crippen molar-refractivity contribution in [3.8, 4) is 0 Å². The van der Waals surface area contributed by atoms with Gasteiger partial charge < -0.3 is 19.8 Å². The molecule has 2 N–H and O–H groups in total. The summed E-state index contributed by atoms with van der Waals surface area (Å²) >= 11 is 3.38. The molecule has 1 heterocycles. The van der Waals surface area contributed by atoms with Gasteiger partial charge in [0.25, 0.3) is 5.91 Å². The molecule has 0 atom stereocenters. The first-order chi connectivity index (χ1) is 12.9. The Hall–Kier alpha value is -3.13. The molecule has 2 aromatic carbocycles. The minimum Gasteiger partial charge on any atom is -0.465 e. The van der Waals surface area contributed by atoms with Crippen LogP contribution < -0.4 is 5.32 Å². The largest absolute Gasteiger partial charge is 0.465 e. The SMILES string of the molecule is COC(=O)c1cc(NC(=O)c2cc3ccc(Br)cc3[nH]2)cc(C(=O)OC)c1. The zero-order valence-corrected chi connectivity index (χ0v) is 16.0. The summed E-state index contributed by atoms with van der Waals surface area (Å²) in [6, 6.07) is 11.5. The second kappa shape index (κ2) is 7.63. The van der Waals surface area contributed by atoms with Gasteiger partial charge in [-0.3, -0.25) is 4.79 Å². The van der Waals surface area contributed by atoms with E-state index in [4.69, 9.17) is 0 Å². The Morgan fingerprint density at radius 1 is 0.926 bits per heavy atom. The number of nitrogens with one attached hydrogen (secondary N) is 2. The maximum atomic E-state index is 12.6. The molecular weight excluding hydrogens is 416 g/mol. The highest BCUT2D eigenvalue weighted by Gasteiger charge is 2.16. The molecule has 0 aliphatic carbocycles. The van der Waals surface area contributed by atoms with E-state index in [-0.39, 0.29) is 16.8 Å². The van der Waals surface area contributed by atoms with Crippen molar-refractivity contribution in [1.29, 1.82) is 0 Å². The summed E-state index contributed by atoms with van der Waals surface area (Å²) in [7, 11) is 2.46. The van der Waals surface area contributed by atoms with Gasteiger partial charge in [-0.1, -0.05) is 22.0 Å². The molecule has 0 spiro atoms. The highest BCUT2D eigenvalue weighted by Crippen LogP contribution is 2.22. The van der Waals surface area contributed by atoms with Crippen molar-refractivity contribution in [2.75, 3.05) is 19.5 Å². The number of hydrogen-bond donors (Lipinski definition) is 2. The van der Waals surface area contributed by atoms with E-state index in [0.717, 1.165) is 15.4 Å². The predicted molar refractivity (Wildman–Crippen MR) is 103 cm³/mol. The molecule has 0 saturated carbocycles. The zero-order valence-electron chi connectivity index (χ0n) is 14.5. The molecule has 3 aromatic rings.